The maximum Gasteiger partial charge on any atom is 0.142 e. The summed E-state index contributed by atoms with van der Waals surface area (Å²) >= 11 is 5.15. The van der Waals surface area contributed by atoms with Crippen molar-refractivity contribution in [3.8, 4) is 0 Å². The van der Waals surface area contributed by atoms with Crippen LogP contribution in [-0.2, 0) is 13.1 Å². The van der Waals surface area contributed by atoms with Crippen LogP contribution in [0.15, 0.2) is 33.6 Å². The molecule has 0 saturated heterocycles. The Hall–Kier alpha value is -1.24. The van der Waals surface area contributed by atoms with Gasteiger partial charge >= 0.3 is 0 Å². The summed E-state index contributed by atoms with van der Waals surface area (Å²) in [6.45, 7) is 1.57. The fourth-order valence-corrected chi connectivity index (χ4v) is 3.10. The lowest BCUT2D eigenvalue weighted by Gasteiger charge is -2.17. The molecule has 100 valence electrons. The van der Waals surface area contributed by atoms with Gasteiger partial charge in [0.15, 0.2) is 0 Å². The largest absolute Gasteiger partial charge is 0.382 e. The minimum Gasteiger partial charge on any atom is -0.382 e. The Bertz CT molecular complexity index is 582. The average molecular weight is 339 g/mol. The average Bonchev–Trinajstić information content (AvgIpc) is 2.75. The van der Waals surface area contributed by atoms with Gasteiger partial charge < -0.3 is 5.73 Å². The molecule has 0 unspecified atom stereocenters. The normalized spacial score (nSPS) is 10.9. The van der Waals surface area contributed by atoms with E-state index < -0.39 is 0 Å². The predicted molar refractivity (Wildman–Crippen MR) is 82.4 cm³/mol. The van der Waals surface area contributed by atoms with Gasteiger partial charge in [0.25, 0.3) is 0 Å². The van der Waals surface area contributed by atoms with E-state index in [0.717, 1.165) is 22.4 Å². The highest BCUT2D eigenvalue weighted by atomic mass is 79.9. The molecule has 0 bridgehead atoms. The number of halogens is 1. The van der Waals surface area contributed by atoms with Gasteiger partial charge in [0.05, 0.1) is 3.79 Å². The van der Waals surface area contributed by atoms with E-state index in [1.807, 2.05) is 19.2 Å². The number of nitrogens with zero attached hydrogens (tertiary/aromatic N) is 2. The second kappa shape index (κ2) is 6.27. The molecule has 0 fully saturated rings. The molecular weight excluding hydrogens is 324 g/mol. The number of thiophene rings is 1. The van der Waals surface area contributed by atoms with E-state index in [1.54, 1.807) is 17.5 Å². The van der Waals surface area contributed by atoms with Gasteiger partial charge in [0.1, 0.15) is 11.5 Å². The first-order valence-electron chi connectivity index (χ1n) is 5.76. The zero-order valence-electron chi connectivity index (χ0n) is 10.6. The molecule has 0 radical (unpaired) electrons. The van der Waals surface area contributed by atoms with Crippen molar-refractivity contribution < 1.29 is 0 Å². The Labute approximate surface area is 124 Å². The van der Waals surface area contributed by atoms with Gasteiger partial charge in [-0.15, -0.1) is 11.3 Å². The molecular formula is C13H15BrN4S. The highest BCUT2D eigenvalue weighted by Crippen LogP contribution is 2.22. The molecule has 0 aliphatic rings. The van der Waals surface area contributed by atoms with Crippen LogP contribution < -0.4 is 5.73 Å². The first kappa shape index (κ1) is 14.2. The summed E-state index contributed by atoms with van der Waals surface area (Å²) in [6.07, 6.45) is 1.66. The molecule has 2 rings (SSSR count). The summed E-state index contributed by atoms with van der Waals surface area (Å²) in [7, 11) is 2.04. The number of nitrogens with one attached hydrogen (secondary N) is 1. The first-order chi connectivity index (χ1) is 9.06. The van der Waals surface area contributed by atoms with Crippen molar-refractivity contribution in [2.75, 3.05) is 7.05 Å². The van der Waals surface area contributed by atoms with Crippen molar-refractivity contribution in [1.29, 1.82) is 5.41 Å². The fourth-order valence-electron chi connectivity index (χ4n) is 1.90. The molecule has 4 nitrogen and oxygen atoms in total. The molecule has 3 N–H and O–H groups in total. The maximum absolute atomic E-state index is 7.54. The van der Waals surface area contributed by atoms with Crippen molar-refractivity contribution in [2.24, 2.45) is 5.73 Å². The van der Waals surface area contributed by atoms with Crippen molar-refractivity contribution in [3.63, 3.8) is 0 Å². The van der Waals surface area contributed by atoms with Gasteiger partial charge in [0, 0.05) is 19.3 Å². The second-order valence-corrected chi connectivity index (χ2v) is 6.65. The van der Waals surface area contributed by atoms with Gasteiger partial charge in [-0.3, -0.25) is 15.3 Å². The molecule has 0 saturated carbocycles. The zero-order chi connectivity index (χ0) is 13.8. The predicted octanol–water partition coefficient (Wildman–Crippen LogP) is 2.82. The van der Waals surface area contributed by atoms with E-state index in [4.69, 9.17) is 11.1 Å². The molecule has 0 atom stereocenters. The summed E-state index contributed by atoms with van der Waals surface area (Å²) in [5.74, 6) is 0.0160. The molecule has 0 aliphatic carbocycles. The highest BCUT2D eigenvalue weighted by Gasteiger charge is 2.09. The molecule has 2 aromatic heterocycles. The molecule has 2 heterocycles. The van der Waals surface area contributed by atoms with Crippen LogP contribution in [0.5, 0.6) is 0 Å². The van der Waals surface area contributed by atoms with Crippen LogP contribution in [0.1, 0.15) is 16.8 Å². The molecule has 6 heteroatoms. The smallest absolute Gasteiger partial charge is 0.142 e. The standard InChI is InChI=1S/C13H15BrN4S/c1-18(6-9-5-11(14)19-8-9)7-10-3-2-4-17-12(10)13(15)16/h2-5,8H,6-7H2,1H3,(H3,15,16). The highest BCUT2D eigenvalue weighted by molar-refractivity contribution is 9.11. The van der Waals surface area contributed by atoms with Crippen molar-refractivity contribution in [2.45, 2.75) is 13.1 Å². The van der Waals surface area contributed by atoms with Crippen LogP contribution >= 0.6 is 27.3 Å². The van der Waals surface area contributed by atoms with E-state index in [0.29, 0.717) is 5.69 Å². The first-order valence-corrected chi connectivity index (χ1v) is 7.43. The second-order valence-electron chi connectivity index (χ2n) is 4.36. The van der Waals surface area contributed by atoms with E-state index in [-0.39, 0.29) is 5.84 Å². The third-order valence-electron chi connectivity index (χ3n) is 2.66. The SMILES string of the molecule is CN(Cc1csc(Br)c1)Cc1cccnc1C(=N)N. The third kappa shape index (κ3) is 3.86. The minimum atomic E-state index is 0.0160. The summed E-state index contributed by atoms with van der Waals surface area (Å²) in [6, 6.07) is 5.96. The lowest BCUT2D eigenvalue weighted by molar-refractivity contribution is 0.319. The van der Waals surface area contributed by atoms with Gasteiger partial charge in [-0.05, 0) is 51.6 Å². The lowest BCUT2D eigenvalue weighted by atomic mass is 10.1. The van der Waals surface area contributed by atoms with Crippen molar-refractivity contribution in [3.05, 3.63) is 50.4 Å². The number of nitrogen functional groups attached to an aromatic ring is 1. The topological polar surface area (TPSA) is 66.0 Å². The maximum atomic E-state index is 7.54. The van der Waals surface area contributed by atoms with Crippen molar-refractivity contribution >= 4 is 33.1 Å². The van der Waals surface area contributed by atoms with E-state index >= 15 is 0 Å². The molecule has 0 aromatic carbocycles. The number of nitrogens with two attached hydrogens (primary N) is 1. The number of hydrogen-bond donors (Lipinski definition) is 2. The number of pyridine rings is 1. The monoisotopic (exact) mass is 338 g/mol. The molecule has 0 aliphatic heterocycles. The van der Waals surface area contributed by atoms with Gasteiger partial charge in [0.2, 0.25) is 0 Å². The van der Waals surface area contributed by atoms with Crippen LogP contribution in [0.25, 0.3) is 0 Å². The Morgan fingerprint density at radius 1 is 1.53 bits per heavy atom. The van der Waals surface area contributed by atoms with E-state index in [2.05, 4.69) is 37.3 Å². The number of aromatic nitrogens is 1. The third-order valence-corrected chi connectivity index (χ3v) is 4.21. The Morgan fingerprint density at radius 2 is 2.32 bits per heavy atom. The van der Waals surface area contributed by atoms with Crippen LogP contribution in [-0.4, -0.2) is 22.8 Å². The quantitative estimate of drug-likeness (QED) is 0.650. The number of hydrogen-bond acceptors (Lipinski definition) is 4. The zero-order valence-corrected chi connectivity index (χ0v) is 13.0. The summed E-state index contributed by atoms with van der Waals surface area (Å²) < 4.78 is 1.14. The summed E-state index contributed by atoms with van der Waals surface area (Å²) in [4.78, 5) is 6.34. The van der Waals surface area contributed by atoms with Crippen LogP contribution in [0.3, 0.4) is 0 Å². The Balaban J connectivity index is 2.06. The Morgan fingerprint density at radius 3 is 2.95 bits per heavy atom. The van der Waals surface area contributed by atoms with E-state index in [1.165, 1.54) is 5.56 Å². The van der Waals surface area contributed by atoms with Crippen molar-refractivity contribution in [1.82, 2.24) is 9.88 Å². The van der Waals surface area contributed by atoms with Gasteiger partial charge in [-0.25, -0.2) is 0 Å². The van der Waals surface area contributed by atoms with E-state index in [9.17, 15) is 0 Å². The Kier molecular flexibility index (Phi) is 4.68. The van der Waals surface area contributed by atoms with Crippen LogP contribution in [0, 0.1) is 5.41 Å². The lowest BCUT2D eigenvalue weighted by Crippen LogP contribution is -2.22. The molecule has 19 heavy (non-hydrogen) atoms. The minimum absolute atomic E-state index is 0.0160. The summed E-state index contributed by atoms with van der Waals surface area (Å²) in [5.41, 5.74) is 8.36. The molecule has 0 amide bonds. The van der Waals surface area contributed by atoms with Crippen LogP contribution in [0.2, 0.25) is 0 Å². The van der Waals surface area contributed by atoms with Gasteiger partial charge in [-0.2, -0.15) is 0 Å². The molecule has 0 spiro atoms. The molecule has 2 aromatic rings. The fraction of sp³-hybridized carbons (Fsp3) is 0.231. The van der Waals surface area contributed by atoms with Crippen LogP contribution in [0.4, 0.5) is 0 Å². The summed E-state index contributed by atoms with van der Waals surface area (Å²) in [5, 5.41) is 9.67. The number of amidine groups is 1. The van der Waals surface area contributed by atoms with Gasteiger partial charge in [-0.1, -0.05) is 6.07 Å². The number of rotatable bonds is 5.